The van der Waals surface area contributed by atoms with E-state index in [1.807, 2.05) is 0 Å². The third-order valence-corrected chi connectivity index (χ3v) is 6.52. The molecule has 0 aliphatic carbocycles. The first-order valence-electron chi connectivity index (χ1n) is 13.3. The first kappa shape index (κ1) is 42.0. The van der Waals surface area contributed by atoms with E-state index >= 15 is 8.78 Å². The molecule has 0 radical (unpaired) electrons. The number of hydrogen-bond donors (Lipinski definition) is 2. The van der Waals surface area contributed by atoms with Gasteiger partial charge in [0.05, 0.1) is 16.7 Å². The van der Waals surface area contributed by atoms with Crippen LogP contribution in [0.15, 0.2) is 78.1 Å². The maximum absolute atomic E-state index is 15.2. The zero-order chi connectivity index (χ0) is 40.8. The van der Waals surface area contributed by atoms with Gasteiger partial charge >= 0.3 is 54.2 Å². The second-order valence-corrected chi connectivity index (χ2v) is 10.3. The van der Waals surface area contributed by atoms with Gasteiger partial charge in [-0.15, -0.1) is 0 Å². The smallest absolute Gasteiger partial charge is 0.449 e. The summed E-state index contributed by atoms with van der Waals surface area (Å²) in [6, 6.07) is 8.08. The quantitative estimate of drug-likeness (QED) is 0.0769. The average Bonchev–Trinajstić information content (AvgIpc) is 2.99. The highest BCUT2D eigenvalue weighted by Gasteiger charge is 2.88. The molecule has 0 aromatic heterocycles. The zero-order valence-corrected chi connectivity index (χ0v) is 25.0. The third-order valence-electron chi connectivity index (χ3n) is 6.52. The lowest BCUT2D eigenvalue weighted by Gasteiger charge is -2.41. The molecule has 0 atom stereocenters. The van der Waals surface area contributed by atoms with E-state index in [0.717, 1.165) is 48.5 Å². The minimum Gasteiger partial charge on any atom is -0.452 e. The van der Waals surface area contributed by atoms with Crippen molar-refractivity contribution in [3.05, 3.63) is 89.2 Å². The predicted molar refractivity (Wildman–Crippen MR) is 144 cm³/mol. The molecule has 3 aromatic carbocycles. The van der Waals surface area contributed by atoms with E-state index in [-0.39, 0.29) is 23.5 Å². The van der Waals surface area contributed by atoms with Gasteiger partial charge in [0.15, 0.2) is 0 Å². The summed E-state index contributed by atoms with van der Waals surface area (Å²) in [7, 11) is 0. The fourth-order valence-corrected chi connectivity index (χ4v) is 4.10. The molecule has 0 aliphatic rings. The number of rotatable bonds is 8. The summed E-state index contributed by atoms with van der Waals surface area (Å²) in [5, 5.41) is 0. The summed E-state index contributed by atoms with van der Waals surface area (Å²) >= 11 is 0. The van der Waals surface area contributed by atoms with Crippen molar-refractivity contribution < 1.29 is 98.4 Å². The molecule has 0 saturated carbocycles. The number of alkyl halides is 17. The number of carbonyl (C=O) groups is 2. The Morgan fingerprint density at radius 3 is 1.00 bits per heavy atom. The minimum atomic E-state index is -8.47. The number of carbonyl (C=O) groups excluding carboxylic acids is 2. The van der Waals surface area contributed by atoms with E-state index in [1.54, 1.807) is 0 Å². The van der Waals surface area contributed by atoms with Crippen LogP contribution in [0.3, 0.4) is 0 Å². The number of allylic oxidation sites excluding steroid dienone is 2. The second kappa shape index (κ2) is 13.8. The molecule has 0 aliphatic heterocycles. The number of esters is 2. The third kappa shape index (κ3) is 8.45. The van der Waals surface area contributed by atoms with Crippen molar-refractivity contribution in [2.24, 2.45) is 0 Å². The van der Waals surface area contributed by atoms with Crippen LogP contribution in [0.2, 0.25) is 0 Å². The fraction of sp³-hybridized carbons (Fsp3) is 0.241. The number of benzene rings is 3. The van der Waals surface area contributed by atoms with E-state index < -0.39 is 93.9 Å². The molecule has 0 bridgehead atoms. The van der Waals surface area contributed by atoms with Crippen LogP contribution in [0.1, 0.15) is 20.7 Å². The van der Waals surface area contributed by atoms with Crippen molar-refractivity contribution in [2.75, 3.05) is 11.5 Å². The highest BCUT2D eigenvalue weighted by atomic mass is 19.4. The van der Waals surface area contributed by atoms with Crippen molar-refractivity contribution in [1.29, 1.82) is 0 Å². The van der Waals surface area contributed by atoms with Crippen LogP contribution in [0.4, 0.5) is 86.0 Å². The molecule has 0 spiro atoms. The fourth-order valence-electron chi connectivity index (χ4n) is 4.10. The summed E-state index contributed by atoms with van der Waals surface area (Å²) in [5.74, 6) is -11.6. The maximum Gasteiger partial charge on any atom is 0.449 e. The molecule has 3 aromatic rings. The van der Waals surface area contributed by atoms with Gasteiger partial charge < -0.3 is 25.7 Å². The van der Waals surface area contributed by atoms with Gasteiger partial charge in [-0.05, 0) is 66.7 Å². The number of halogens is 17. The molecule has 0 fully saturated rings. The number of hydrogen-bond acceptors (Lipinski definition) is 7. The summed E-state index contributed by atoms with van der Waals surface area (Å²) in [6.45, 7) is 0. The summed E-state index contributed by atoms with van der Waals surface area (Å²) in [4.78, 5) is 25.7. The van der Waals surface area contributed by atoms with Crippen LogP contribution in [0.25, 0.3) is 0 Å². The molecular formula is C29H15F17N2O5. The largest absolute Gasteiger partial charge is 0.452 e. The lowest BCUT2D eigenvalue weighted by Crippen LogP contribution is -2.67. The minimum absolute atomic E-state index is 0.0541. The monoisotopic (exact) mass is 794 g/mol. The topological polar surface area (TPSA) is 114 Å². The number of nitrogens with two attached hydrogens (primary N) is 2. The van der Waals surface area contributed by atoms with Gasteiger partial charge in [-0.25, -0.2) is 18.4 Å². The molecule has 4 N–H and O–H groups in total. The van der Waals surface area contributed by atoms with Crippen molar-refractivity contribution in [2.45, 2.75) is 42.2 Å². The lowest BCUT2D eigenvalue weighted by atomic mass is 9.79. The first-order chi connectivity index (χ1) is 23.8. The molecule has 290 valence electrons. The van der Waals surface area contributed by atoms with E-state index in [0.29, 0.717) is 6.07 Å². The lowest BCUT2D eigenvalue weighted by molar-refractivity contribution is -0.365. The number of anilines is 2. The van der Waals surface area contributed by atoms with Crippen LogP contribution in [0.5, 0.6) is 17.2 Å². The van der Waals surface area contributed by atoms with Gasteiger partial charge in [0.1, 0.15) is 17.2 Å². The van der Waals surface area contributed by atoms with E-state index in [2.05, 4.69) is 4.74 Å². The molecule has 7 nitrogen and oxygen atoms in total. The SMILES string of the molecule is Nc1ccc(OC(=O)c2cc(OC(=C(C(F)(C(F)(F)F)C(F)(F)F)C(F)(C(F)(F)F)C(F)(F)F)C(F)(F)F)cc(C(=O)Oc3ccc(N)cc3)c2)cc1. The van der Waals surface area contributed by atoms with E-state index in [1.165, 1.54) is 0 Å². The summed E-state index contributed by atoms with van der Waals surface area (Å²) in [6.07, 6.45) is -40.5. The van der Waals surface area contributed by atoms with Crippen molar-refractivity contribution in [1.82, 2.24) is 0 Å². The highest BCUT2D eigenvalue weighted by molar-refractivity contribution is 5.97. The van der Waals surface area contributed by atoms with E-state index in [4.69, 9.17) is 20.9 Å². The average molecular weight is 794 g/mol. The molecule has 53 heavy (non-hydrogen) atoms. The Balaban J connectivity index is 2.48. The Kier molecular flexibility index (Phi) is 11.0. The van der Waals surface area contributed by atoms with Crippen LogP contribution >= 0.6 is 0 Å². The Morgan fingerprint density at radius 1 is 0.434 bits per heavy atom. The van der Waals surface area contributed by atoms with Gasteiger partial charge in [0, 0.05) is 11.4 Å². The van der Waals surface area contributed by atoms with Gasteiger partial charge in [-0.3, -0.25) is 0 Å². The highest BCUT2D eigenvalue weighted by Crippen LogP contribution is 2.63. The Morgan fingerprint density at radius 2 is 0.736 bits per heavy atom. The van der Waals surface area contributed by atoms with Gasteiger partial charge in [-0.1, -0.05) is 0 Å². The van der Waals surface area contributed by atoms with Crippen LogP contribution in [-0.4, -0.2) is 54.2 Å². The van der Waals surface area contributed by atoms with Crippen LogP contribution < -0.4 is 25.7 Å². The Bertz CT molecular complexity index is 1710. The van der Waals surface area contributed by atoms with Crippen LogP contribution in [0, 0.1) is 0 Å². The Labute approximate surface area is 282 Å². The molecule has 24 heteroatoms. The molecular weight excluding hydrogens is 779 g/mol. The molecule has 0 unspecified atom stereocenters. The molecule has 3 rings (SSSR count). The standard InChI is InChI=1S/C29H15F17N2O5/c30-23(26(35,36)37,27(38,39)40)19(24(31,28(41,42)43)29(44,45)46)20(25(32,33)34)51-18-10-12(21(49)52-16-5-1-14(47)2-6-16)9-13(11-18)22(50)53-17-7-3-15(48)4-8-17/h1-11H,47-48H2. The van der Waals surface area contributed by atoms with Crippen molar-refractivity contribution >= 4 is 23.3 Å². The summed E-state index contributed by atoms with van der Waals surface area (Å²) in [5.41, 5.74) is -14.3. The van der Waals surface area contributed by atoms with Crippen molar-refractivity contribution in [3.8, 4) is 17.2 Å². The number of nitrogen functional groups attached to an aromatic ring is 2. The zero-order valence-electron chi connectivity index (χ0n) is 25.0. The van der Waals surface area contributed by atoms with Gasteiger partial charge in [0.25, 0.3) is 0 Å². The van der Waals surface area contributed by atoms with Crippen LogP contribution in [-0.2, 0) is 0 Å². The number of ether oxygens (including phenoxy) is 3. The predicted octanol–water partition coefficient (Wildman–Crippen LogP) is 9.15. The molecule has 0 heterocycles. The van der Waals surface area contributed by atoms with E-state index in [9.17, 15) is 75.4 Å². The summed E-state index contributed by atoms with van der Waals surface area (Å²) < 4.78 is 250. The molecule has 0 amide bonds. The molecule has 0 saturated heterocycles. The normalized spacial score (nSPS) is 13.3. The second-order valence-electron chi connectivity index (χ2n) is 10.3. The maximum atomic E-state index is 15.2. The van der Waals surface area contributed by atoms with Gasteiger partial charge in [0.2, 0.25) is 5.76 Å². The first-order valence-corrected chi connectivity index (χ1v) is 13.3. The Hall–Kier alpha value is -5.45. The van der Waals surface area contributed by atoms with Gasteiger partial charge in [-0.2, -0.15) is 65.9 Å². The van der Waals surface area contributed by atoms with Crippen molar-refractivity contribution in [3.63, 3.8) is 0 Å².